The monoisotopic (exact) mass is 345 g/mol. The Hall–Kier alpha value is -1.44. The molecule has 4 N–H and O–H groups in total. The van der Waals surface area contributed by atoms with Crippen LogP contribution in [0.1, 0.15) is 39.0 Å². The molecule has 0 spiro atoms. The summed E-state index contributed by atoms with van der Waals surface area (Å²) in [6, 6.07) is 3.79. The second-order valence-corrected chi connectivity index (χ2v) is 7.62. The van der Waals surface area contributed by atoms with Crippen LogP contribution < -0.4 is 26.4 Å². The molecule has 25 heavy (non-hydrogen) atoms. The average Bonchev–Trinajstić information content (AvgIpc) is 2.97. The normalized spacial score (nSPS) is 32.9. The Morgan fingerprint density at radius 3 is 3.16 bits per heavy atom. The first-order valence-corrected chi connectivity index (χ1v) is 9.88. The predicted octanol–water partition coefficient (Wildman–Crippen LogP) is 1.11. The molecule has 1 aromatic heterocycles. The van der Waals surface area contributed by atoms with Crippen LogP contribution in [0.2, 0.25) is 0 Å². The second kappa shape index (κ2) is 7.85. The molecule has 4 unspecified atom stereocenters. The van der Waals surface area contributed by atoms with E-state index in [0.29, 0.717) is 18.1 Å². The number of nitrogens with one attached hydrogen (secondary N) is 4. The molecule has 0 amide bonds. The van der Waals surface area contributed by atoms with Gasteiger partial charge in [0.2, 0.25) is 5.95 Å². The van der Waals surface area contributed by atoms with Crippen molar-refractivity contribution in [2.24, 2.45) is 5.92 Å². The maximum Gasteiger partial charge on any atom is 0.227 e. The number of aromatic nitrogens is 2. The summed E-state index contributed by atoms with van der Waals surface area (Å²) in [5.74, 6) is 2.56. The molecule has 1 saturated carbocycles. The average molecular weight is 345 g/mol. The van der Waals surface area contributed by atoms with Crippen molar-refractivity contribution in [1.29, 1.82) is 0 Å². The molecule has 7 nitrogen and oxygen atoms in total. The van der Waals surface area contributed by atoms with Crippen LogP contribution in [0.5, 0.6) is 0 Å². The van der Waals surface area contributed by atoms with Crippen molar-refractivity contribution < 1.29 is 0 Å². The highest BCUT2D eigenvalue weighted by Gasteiger charge is 2.33. The van der Waals surface area contributed by atoms with Crippen LogP contribution in [-0.4, -0.2) is 54.3 Å². The summed E-state index contributed by atoms with van der Waals surface area (Å²) in [6.07, 6.45) is 7.86. The van der Waals surface area contributed by atoms with Crippen LogP contribution in [0.15, 0.2) is 12.3 Å². The van der Waals surface area contributed by atoms with E-state index in [1.54, 1.807) is 0 Å². The maximum absolute atomic E-state index is 4.81. The molecule has 0 bridgehead atoms. The van der Waals surface area contributed by atoms with Gasteiger partial charge in [-0.25, -0.2) is 4.98 Å². The fraction of sp³-hybridized carbons (Fsp3) is 0.778. The summed E-state index contributed by atoms with van der Waals surface area (Å²) in [4.78, 5) is 11.7. The number of fused-ring (bicyclic) bond motifs is 1. The van der Waals surface area contributed by atoms with Crippen LogP contribution in [0.25, 0.3) is 0 Å². The first-order valence-electron chi connectivity index (χ1n) is 9.88. The van der Waals surface area contributed by atoms with Gasteiger partial charge in [-0.1, -0.05) is 6.92 Å². The summed E-state index contributed by atoms with van der Waals surface area (Å²) in [6.45, 7) is 6.34. The Bertz CT molecular complexity index is 566. The lowest BCUT2D eigenvalue weighted by molar-refractivity contribution is 0.314. The van der Waals surface area contributed by atoms with Gasteiger partial charge in [0.15, 0.2) is 0 Å². The number of hydrazine groups is 1. The van der Waals surface area contributed by atoms with Gasteiger partial charge in [-0.15, -0.1) is 0 Å². The lowest BCUT2D eigenvalue weighted by Crippen LogP contribution is -2.39. The molecular weight excluding hydrogens is 314 g/mol. The molecule has 2 aliphatic heterocycles. The predicted molar refractivity (Wildman–Crippen MR) is 101 cm³/mol. The summed E-state index contributed by atoms with van der Waals surface area (Å²) in [5.41, 5.74) is 6.69. The fourth-order valence-corrected chi connectivity index (χ4v) is 4.40. The fourth-order valence-electron chi connectivity index (χ4n) is 4.40. The van der Waals surface area contributed by atoms with E-state index in [0.717, 1.165) is 50.3 Å². The zero-order valence-electron chi connectivity index (χ0n) is 15.2. The lowest BCUT2D eigenvalue weighted by Gasteiger charge is -2.31. The minimum Gasteiger partial charge on any atom is -0.367 e. The minimum atomic E-state index is 0.515. The lowest BCUT2D eigenvalue weighted by atomic mass is 9.83. The molecule has 4 atom stereocenters. The second-order valence-electron chi connectivity index (χ2n) is 7.62. The van der Waals surface area contributed by atoms with E-state index in [1.807, 2.05) is 12.3 Å². The number of anilines is 2. The van der Waals surface area contributed by atoms with Gasteiger partial charge in [-0.05, 0) is 44.1 Å². The van der Waals surface area contributed by atoms with Crippen molar-refractivity contribution in [3.63, 3.8) is 0 Å². The first-order chi connectivity index (χ1) is 12.3. The third-order valence-electron chi connectivity index (χ3n) is 5.97. The van der Waals surface area contributed by atoms with Gasteiger partial charge in [-0.3, -0.25) is 10.9 Å². The Morgan fingerprint density at radius 2 is 2.24 bits per heavy atom. The number of hydrogen-bond acceptors (Lipinski definition) is 7. The highest BCUT2D eigenvalue weighted by Crippen LogP contribution is 2.28. The van der Waals surface area contributed by atoms with Crippen molar-refractivity contribution in [3.05, 3.63) is 12.3 Å². The van der Waals surface area contributed by atoms with Crippen LogP contribution >= 0.6 is 0 Å². The number of hydrogen-bond donors (Lipinski definition) is 4. The van der Waals surface area contributed by atoms with Gasteiger partial charge >= 0.3 is 0 Å². The van der Waals surface area contributed by atoms with Crippen LogP contribution in [0.3, 0.4) is 0 Å². The smallest absolute Gasteiger partial charge is 0.227 e. The third-order valence-corrected chi connectivity index (χ3v) is 5.97. The minimum absolute atomic E-state index is 0.515. The molecule has 1 aliphatic carbocycles. The van der Waals surface area contributed by atoms with E-state index in [2.05, 4.69) is 38.3 Å². The molecule has 7 heteroatoms. The van der Waals surface area contributed by atoms with Crippen molar-refractivity contribution in [3.8, 4) is 0 Å². The summed E-state index contributed by atoms with van der Waals surface area (Å²) < 4.78 is 0. The van der Waals surface area contributed by atoms with Crippen molar-refractivity contribution in [1.82, 2.24) is 26.1 Å². The van der Waals surface area contributed by atoms with Gasteiger partial charge in [0.25, 0.3) is 0 Å². The van der Waals surface area contributed by atoms with Crippen LogP contribution in [-0.2, 0) is 0 Å². The summed E-state index contributed by atoms with van der Waals surface area (Å²) in [5, 5.41) is 7.27. The molecule has 3 aliphatic rings. The zero-order valence-corrected chi connectivity index (χ0v) is 15.2. The summed E-state index contributed by atoms with van der Waals surface area (Å²) in [7, 11) is 0. The third kappa shape index (κ3) is 4.04. The molecule has 1 aromatic rings. The SMILES string of the molecule is CCC1CCN(c2nccc(NC3CCC4NNCC4C3)n2)CCN1. The zero-order chi connectivity index (χ0) is 17.1. The Kier molecular flexibility index (Phi) is 5.33. The topological polar surface area (TPSA) is 77.1 Å². The molecule has 3 heterocycles. The molecular formula is C18H31N7. The van der Waals surface area contributed by atoms with Gasteiger partial charge in [-0.2, -0.15) is 4.98 Å². The number of nitrogens with zero attached hydrogens (tertiary/aromatic N) is 3. The Balaban J connectivity index is 1.38. The van der Waals surface area contributed by atoms with E-state index >= 15 is 0 Å². The van der Waals surface area contributed by atoms with Gasteiger partial charge in [0.1, 0.15) is 5.82 Å². The van der Waals surface area contributed by atoms with Crippen molar-refractivity contribution >= 4 is 11.8 Å². The molecule has 3 fully saturated rings. The molecule has 138 valence electrons. The maximum atomic E-state index is 4.81. The highest BCUT2D eigenvalue weighted by atomic mass is 15.4. The van der Waals surface area contributed by atoms with Crippen molar-refractivity contribution in [2.75, 3.05) is 36.4 Å². The van der Waals surface area contributed by atoms with E-state index in [1.165, 1.54) is 25.7 Å². The van der Waals surface area contributed by atoms with Crippen LogP contribution in [0, 0.1) is 5.92 Å². The van der Waals surface area contributed by atoms with Gasteiger partial charge < -0.3 is 15.5 Å². The van der Waals surface area contributed by atoms with E-state index in [9.17, 15) is 0 Å². The molecule has 0 radical (unpaired) electrons. The van der Waals surface area contributed by atoms with E-state index < -0.39 is 0 Å². The van der Waals surface area contributed by atoms with Crippen molar-refractivity contribution in [2.45, 2.75) is 57.2 Å². The standard InChI is InChI=1S/C18H31N7/c1-2-14-6-9-25(10-8-19-14)18-20-7-5-17(23-18)22-15-3-4-16-13(11-15)12-21-24-16/h5,7,13-16,19,21,24H,2-4,6,8-12H2,1H3,(H,20,22,23). The Labute approximate surface area is 150 Å². The largest absolute Gasteiger partial charge is 0.367 e. The van der Waals surface area contributed by atoms with E-state index in [-0.39, 0.29) is 0 Å². The molecule has 0 aromatic carbocycles. The first kappa shape index (κ1) is 17.0. The van der Waals surface area contributed by atoms with Crippen LogP contribution in [0.4, 0.5) is 11.8 Å². The van der Waals surface area contributed by atoms with E-state index in [4.69, 9.17) is 4.98 Å². The quantitative estimate of drug-likeness (QED) is 0.651. The highest BCUT2D eigenvalue weighted by molar-refractivity contribution is 5.42. The van der Waals surface area contributed by atoms with Gasteiger partial charge in [0, 0.05) is 50.5 Å². The summed E-state index contributed by atoms with van der Waals surface area (Å²) >= 11 is 0. The Morgan fingerprint density at radius 1 is 1.28 bits per heavy atom. The molecule has 4 rings (SSSR count). The number of rotatable bonds is 4. The molecule has 2 saturated heterocycles. The van der Waals surface area contributed by atoms with Gasteiger partial charge in [0.05, 0.1) is 0 Å².